The molecule has 0 spiro atoms. The maximum absolute atomic E-state index is 6.25. The SMILES string of the molecule is CC1(C)OB(C23CC(CC4CC4)(C2)C3)OC1(C)C. The molecule has 100 valence electrons. The topological polar surface area (TPSA) is 18.5 Å². The van der Waals surface area contributed by atoms with Crippen LogP contribution in [0, 0.1) is 11.3 Å². The lowest BCUT2D eigenvalue weighted by atomic mass is 9.23. The number of hydrogen-bond acceptors (Lipinski definition) is 2. The predicted molar refractivity (Wildman–Crippen MR) is 72.4 cm³/mol. The van der Waals surface area contributed by atoms with Gasteiger partial charge in [0.2, 0.25) is 0 Å². The minimum atomic E-state index is -0.156. The highest BCUT2D eigenvalue weighted by atomic mass is 16.7. The lowest BCUT2D eigenvalue weighted by Gasteiger charge is -2.71. The van der Waals surface area contributed by atoms with Crippen molar-refractivity contribution >= 4 is 7.12 Å². The van der Waals surface area contributed by atoms with Gasteiger partial charge in [0.25, 0.3) is 0 Å². The zero-order valence-corrected chi connectivity index (χ0v) is 12.2. The maximum Gasteiger partial charge on any atom is 0.464 e. The molecule has 2 nitrogen and oxygen atoms in total. The van der Waals surface area contributed by atoms with Crippen molar-refractivity contribution in [2.45, 2.75) is 82.7 Å². The van der Waals surface area contributed by atoms with Crippen molar-refractivity contribution in [3.8, 4) is 0 Å². The van der Waals surface area contributed by atoms with Gasteiger partial charge in [0.1, 0.15) is 0 Å². The third-order valence-corrected chi connectivity index (χ3v) is 6.35. The van der Waals surface area contributed by atoms with Gasteiger partial charge in [-0.15, -0.1) is 0 Å². The van der Waals surface area contributed by atoms with Crippen LogP contribution in [0.1, 0.15) is 66.2 Å². The van der Waals surface area contributed by atoms with E-state index in [-0.39, 0.29) is 18.3 Å². The van der Waals surface area contributed by atoms with Crippen molar-refractivity contribution in [1.82, 2.24) is 0 Å². The summed E-state index contributed by atoms with van der Waals surface area (Å²) in [6.45, 7) is 8.66. The van der Waals surface area contributed by atoms with Crippen LogP contribution in [-0.2, 0) is 9.31 Å². The first kappa shape index (κ1) is 11.8. The molecule has 5 fully saturated rings. The monoisotopic (exact) mass is 248 g/mol. The highest BCUT2D eigenvalue weighted by Crippen LogP contribution is 2.83. The zero-order chi connectivity index (χ0) is 12.8. The summed E-state index contributed by atoms with van der Waals surface area (Å²) in [5.41, 5.74) is 0.401. The van der Waals surface area contributed by atoms with E-state index < -0.39 is 0 Å². The molecule has 0 atom stereocenters. The molecule has 0 aromatic carbocycles. The fourth-order valence-electron chi connectivity index (χ4n) is 4.58. The lowest BCUT2D eigenvalue weighted by molar-refractivity contribution is -0.119. The molecular weight excluding hydrogens is 223 g/mol. The average Bonchev–Trinajstić information content (AvgIpc) is 2.85. The summed E-state index contributed by atoms with van der Waals surface area (Å²) in [5.74, 6) is 1.07. The Bertz CT molecular complexity index is 362. The molecule has 5 rings (SSSR count). The number of rotatable bonds is 3. The molecule has 0 radical (unpaired) electrons. The van der Waals surface area contributed by atoms with E-state index in [0.717, 1.165) is 5.92 Å². The molecule has 1 heterocycles. The van der Waals surface area contributed by atoms with Gasteiger partial charge in [-0.2, -0.15) is 0 Å². The second-order valence-electron chi connectivity index (χ2n) is 8.63. The van der Waals surface area contributed by atoms with Crippen LogP contribution in [0.4, 0.5) is 0 Å². The molecular formula is C15H25BO2. The summed E-state index contributed by atoms with van der Waals surface area (Å²) in [6.07, 6.45) is 8.58. The Kier molecular flexibility index (Phi) is 1.97. The van der Waals surface area contributed by atoms with E-state index >= 15 is 0 Å². The molecule has 0 unspecified atom stereocenters. The Morgan fingerprint density at radius 3 is 1.89 bits per heavy atom. The van der Waals surface area contributed by atoms with Crippen LogP contribution in [0.25, 0.3) is 0 Å². The normalized spacial score (nSPS) is 47.7. The summed E-state index contributed by atoms with van der Waals surface area (Å²) < 4.78 is 12.5. The predicted octanol–water partition coefficient (Wildman–Crippen LogP) is 3.80. The summed E-state index contributed by atoms with van der Waals surface area (Å²) in [5, 5.41) is 0.389. The van der Waals surface area contributed by atoms with E-state index in [9.17, 15) is 0 Å². The molecule has 0 aromatic heterocycles. The first-order chi connectivity index (χ1) is 8.26. The third-order valence-electron chi connectivity index (χ3n) is 6.35. The fourth-order valence-corrected chi connectivity index (χ4v) is 4.58. The van der Waals surface area contributed by atoms with Gasteiger partial charge in [-0.1, -0.05) is 12.8 Å². The molecule has 0 aromatic rings. The molecule has 3 heteroatoms. The van der Waals surface area contributed by atoms with E-state index in [1.807, 2.05) is 0 Å². The molecule has 4 saturated carbocycles. The maximum atomic E-state index is 6.25. The third kappa shape index (κ3) is 1.38. The first-order valence-electron chi connectivity index (χ1n) is 7.62. The molecule has 1 aliphatic heterocycles. The molecule has 18 heavy (non-hydrogen) atoms. The Morgan fingerprint density at radius 1 is 0.944 bits per heavy atom. The lowest BCUT2D eigenvalue weighted by Crippen LogP contribution is -2.64. The Balaban J connectivity index is 1.43. The van der Waals surface area contributed by atoms with Crippen LogP contribution in [0.3, 0.4) is 0 Å². The standard InChI is InChI=1S/C15H25BO2/c1-12(2)13(3,4)18-16(17-12)15-8-14(9-15,10-15)7-11-5-6-11/h11H,5-10H2,1-4H3. The van der Waals surface area contributed by atoms with E-state index in [0.29, 0.717) is 10.7 Å². The van der Waals surface area contributed by atoms with Crippen molar-refractivity contribution in [3.05, 3.63) is 0 Å². The van der Waals surface area contributed by atoms with Gasteiger partial charge in [0, 0.05) is 5.31 Å². The molecule has 4 aliphatic carbocycles. The minimum Gasteiger partial charge on any atom is -0.403 e. The van der Waals surface area contributed by atoms with E-state index in [2.05, 4.69) is 27.7 Å². The molecule has 1 saturated heterocycles. The van der Waals surface area contributed by atoms with Gasteiger partial charge >= 0.3 is 7.12 Å². The Hall–Kier alpha value is -0.0151. The van der Waals surface area contributed by atoms with Crippen LogP contribution in [0.5, 0.6) is 0 Å². The van der Waals surface area contributed by atoms with E-state index in [1.54, 1.807) is 0 Å². The van der Waals surface area contributed by atoms with Crippen molar-refractivity contribution < 1.29 is 9.31 Å². The van der Waals surface area contributed by atoms with Gasteiger partial charge in [-0.05, 0) is 64.7 Å². The van der Waals surface area contributed by atoms with E-state index in [1.165, 1.54) is 38.5 Å². The summed E-state index contributed by atoms with van der Waals surface area (Å²) in [7, 11) is 0.0589. The average molecular weight is 248 g/mol. The largest absolute Gasteiger partial charge is 0.464 e. The second-order valence-corrected chi connectivity index (χ2v) is 8.63. The van der Waals surface area contributed by atoms with Crippen LogP contribution < -0.4 is 0 Å². The van der Waals surface area contributed by atoms with Crippen LogP contribution in [0.15, 0.2) is 0 Å². The van der Waals surface area contributed by atoms with Gasteiger partial charge in [0.05, 0.1) is 11.2 Å². The van der Waals surface area contributed by atoms with Gasteiger partial charge in [-0.3, -0.25) is 0 Å². The van der Waals surface area contributed by atoms with Crippen molar-refractivity contribution in [1.29, 1.82) is 0 Å². The van der Waals surface area contributed by atoms with E-state index in [4.69, 9.17) is 9.31 Å². The quantitative estimate of drug-likeness (QED) is 0.707. The Morgan fingerprint density at radius 2 is 1.44 bits per heavy atom. The highest BCUT2D eigenvalue weighted by molar-refractivity contribution is 6.51. The smallest absolute Gasteiger partial charge is 0.403 e. The van der Waals surface area contributed by atoms with Gasteiger partial charge in [-0.25, -0.2) is 0 Å². The van der Waals surface area contributed by atoms with Crippen LogP contribution in [-0.4, -0.2) is 18.3 Å². The molecule has 2 bridgehead atoms. The summed E-state index contributed by atoms with van der Waals surface area (Å²) >= 11 is 0. The van der Waals surface area contributed by atoms with Crippen molar-refractivity contribution in [2.75, 3.05) is 0 Å². The molecule has 0 N–H and O–H groups in total. The Labute approximate surface area is 111 Å². The van der Waals surface area contributed by atoms with Crippen molar-refractivity contribution in [2.24, 2.45) is 11.3 Å². The van der Waals surface area contributed by atoms with Crippen molar-refractivity contribution in [3.63, 3.8) is 0 Å². The molecule has 0 amide bonds. The highest BCUT2D eigenvalue weighted by Gasteiger charge is 2.76. The van der Waals surface area contributed by atoms with Crippen LogP contribution >= 0.6 is 0 Å². The first-order valence-corrected chi connectivity index (χ1v) is 7.62. The fraction of sp³-hybridized carbons (Fsp3) is 1.00. The summed E-state index contributed by atoms with van der Waals surface area (Å²) in [4.78, 5) is 0. The molecule has 5 aliphatic rings. The second kappa shape index (κ2) is 3.01. The van der Waals surface area contributed by atoms with Crippen LogP contribution in [0.2, 0.25) is 5.31 Å². The number of hydrogen-bond donors (Lipinski definition) is 0. The zero-order valence-electron chi connectivity index (χ0n) is 12.2. The van der Waals surface area contributed by atoms with Gasteiger partial charge in [0.15, 0.2) is 0 Å². The minimum absolute atomic E-state index is 0.0589. The summed E-state index contributed by atoms with van der Waals surface area (Å²) in [6, 6.07) is 0. The van der Waals surface area contributed by atoms with Gasteiger partial charge < -0.3 is 9.31 Å².